The zero-order valence-corrected chi connectivity index (χ0v) is 6.88. The summed E-state index contributed by atoms with van der Waals surface area (Å²) in [6.45, 7) is 7.78. The molecule has 0 aromatic carbocycles. The lowest BCUT2D eigenvalue weighted by molar-refractivity contribution is 0.254. The monoisotopic (exact) mass is 140 g/mol. The van der Waals surface area contributed by atoms with Crippen LogP contribution in [0.25, 0.3) is 0 Å². The van der Waals surface area contributed by atoms with Crippen molar-refractivity contribution in [3.8, 4) is 0 Å². The van der Waals surface area contributed by atoms with Crippen molar-refractivity contribution in [2.45, 2.75) is 26.3 Å². The molecule has 0 aromatic heterocycles. The Morgan fingerprint density at radius 1 is 1.70 bits per heavy atom. The summed E-state index contributed by atoms with van der Waals surface area (Å²) in [5.74, 6) is 0. The number of hydrogen-bond acceptors (Lipinski definition) is 2. The largest absolute Gasteiger partial charge is 0.295 e. The topological polar surface area (TPSA) is 15.6 Å². The zero-order valence-electron chi connectivity index (χ0n) is 6.88. The molecule has 0 N–H and O–H groups in total. The predicted octanol–water partition coefficient (Wildman–Crippen LogP) is 1.17. The standard InChI is InChI=1S/C8H16N2/c1-3-5-10-6-4-9-7-8(10)2/h7-8H,3-6H2,1-2H3. The first-order valence-corrected chi connectivity index (χ1v) is 4.08. The maximum absolute atomic E-state index is 4.22. The van der Waals surface area contributed by atoms with Crippen LogP contribution < -0.4 is 0 Å². The van der Waals surface area contributed by atoms with Crippen molar-refractivity contribution >= 4 is 6.21 Å². The van der Waals surface area contributed by atoms with E-state index in [0.717, 1.165) is 13.1 Å². The van der Waals surface area contributed by atoms with Gasteiger partial charge in [-0.1, -0.05) is 6.92 Å². The third kappa shape index (κ3) is 1.81. The Morgan fingerprint density at radius 2 is 2.50 bits per heavy atom. The maximum Gasteiger partial charge on any atom is 0.0513 e. The van der Waals surface area contributed by atoms with E-state index >= 15 is 0 Å². The predicted molar refractivity (Wildman–Crippen MR) is 44.7 cm³/mol. The summed E-state index contributed by atoms with van der Waals surface area (Å²) in [7, 11) is 0. The van der Waals surface area contributed by atoms with Crippen LogP contribution in [0, 0.1) is 0 Å². The summed E-state index contributed by atoms with van der Waals surface area (Å²) in [6.07, 6.45) is 3.30. The van der Waals surface area contributed by atoms with Gasteiger partial charge < -0.3 is 0 Å². The van der Waals surface area contributed by atoms with Gasteiger partial charge in [0.2, 0.25) is 0 Å². The van der Waals surface area contributed by atoms with Crippen LogP contribution in [-0.2, 0) is 0 Å². The summed E-state index contributed by atoms with van der Waals surface area (Å²) in [5, 5.41) is 0. The number of aliphatic imine (C=N–C) groups is 1. The second-order valence-electron chi connectivity index (χ2n) is 2.83. The molecule has 1 aliphatic heterocycles. The van der Waals surface area contributed by atoms with E-state index in [0.29, 0.717) is 6.04 Å². The summed E-state index contributed by atoms with van der Waals surface area (Å²) >= 11 is 0. The van der Waals surface area contributed by atoms with E-state index in [4.69, 9.17) is 0 Å². The quantitative estimate of drug-likeness (QED) is 0.562. The average molecular weight is 140 g/mol. The van der Waals surface area contributed by atoms with Crippen LogP contribution in [0.2, 0.25) is 0 Å². The molecule has 2 nitrogen and oxygen atoms in total. The highest BCUT2D eigenvalue weighted by Gasteiger charge is 2.12. The molecule has 0 bridgehead atoms. The minimum Gasteiger partial charge on any atom is -0.295 e. The smallest absolute Gasteiger partial charge is 0.0513 e. The fraction of sp³-hybridized carbons (Fsp3) is 0.875. The van der Waals surface area contributed by atoms with Crippen LogP contribution in [0.5, 0.6) is 0 Å². The van der Waals surface area contributed by atoms with E-state index in [2.05, 4.69) is 30.0 Å². The first kappa shape index (κ1) is 7.73. The van der Waals surface area contributed by atoms with Crippen LogP contribution in [0.3, 0.4) is 0 Å². The second-order valence-corrected chi connectivity index (χ2v) is 2.83. The number of hydrogen-bond donors (Lipinski definition) is 0. The fourth-order valence-electron chi connectivity index (χ4n) is 1.31. The van der Waals surface area contributed by atoms with Gasteiger partial charge in [-0.05, 0) is 19.9 Å². The van der Waals surface area contributed by atoms with E-state index in [9.17, 15) is 0 Å². The molecule has 1 heterocycles. The molecule has 0 saturated carbocycles. The third-order valence-electron chi connectivity index (χ3n) is 1.92. The van der Waals surface area contributed by atoms with Gasteiger partial charge in [0.15, 0.2) is 0 Å². The SMILES string of the molecule is CCCN1CCN=CC1C. The Hall–Kier alpha value is -0.370. The van der Waals surface area contributed by atoms with Gasteiger partial charge in [0.05, 0.1) is 6.54 Å². The highest BCUT2D eigenvalue weighted by Crippen LogP contribution is 2.01. The lowest BCUT2D eigenvalue weighted by Crippen LogP contribution is -2.39. The molecule has 10 heavy (non-hydrogen) atoms. The molecule has 0 aliphatic carbocycles. The van der Waals surface area contributed by atoms with Crippen LogP contribution in [0.4, 0.5) is 0 Å². The van der Waals surface area contributed by atoms with Crippen molar-refractivity contribution < 1.29 is 0 Å². The minimum atomic E-state index is 0.564. The normalized spacial score (nSPS) is 27.2. The molecule has 1 rings (SSSR count). The molecule has 0 spiro atoms. The van der Waals surface area contributed by atoms with Crippen LogP contribution >= 0.6 is 0 Å². The van der Waals surface area contributed by atoms with Crippen molar-refractivity contribution in [2.75, 3.05) is 19.6 Å². The van der Waals surface area contributed by atoms with Crippen molar-refractivity contribution in [2.24, 2.45) is 4.99 Å². The van der Waals surface area contributed by atoms with Crippen molar-refractivity contribution in [3.05, 3.63) is 0 Å². The molecule has 0 fully saturated rings. The van der Waals surface area contributed by atoms with Crippen molar-refractivity contribution in [3.63, 3.8) is 0 Å². The Bertz CT molecular complexity index is 120. The van der Waals surface area contributed by atoms with Crippen molar-refractivity contribution in [1.82, 2.24) is 4.90 Å². The first-order valence-electron chi connectivity index (χ1n) is 4.08. The van der Waals surface area contributed by atoms with Crippen molar-refractivity contribution in [1.29, 1.82) is 0 Å². The van der Waals surface area contributed by atoms with Gasteiger partial charge >= 0.3 is 0 Å². The molecule has 1 atom stereocenters. The Balaban J connectivity index is 2.36. The molecular weight excluding hydrogens is 124 g/mol. The summed E-state index contributed by atoms with van der Waals surface area (Å²) in [5.41, 5.74) is 0. The Kier molecular flexibility index (Phi) is 2.87. The minimum absolute atomic E-state index is 0.564. The molecule has 0 radical (unpaired) electrons. The molecule has 1 unspecified atom stereocenters. The van der Waals surface area contributed by atoms with Crippen LogP contribution in [-0.4, -0.2) is 36.8 Å². The Labute approximate surface area is 62.9 Å². The van der Waals surface area contributed by atoms with E-state index < -0.39 is 0 Å². The lowest BCUT2D eigenvalue weighted by atomic mass is 10.2. The van der Waals surface area contributed by atoms with Gasteiger partial charge in [-0.25, -0.2) is 0 Å². The fourth-order valence-corrected chi connectivity index (χ4v) is 1.31. The zero-order chi connectivity index (χ0) is 7.40. The lowest BCUT2D eigenvalue weighted by Gasteiger charge is -2.28. The molecular formula is C8H16N2. The highest BCUT2D eigenvalue weighted by atomic mass is 15.2. The van der Waals surface area contributed by atoms with Gasteiger partial charge in [0, 0.05) is 18.8 Å². The third-order valence-corrected chi connectivity index (χ3v) is 1.92. The van der Waals surface area contributed by atoms with Gasteiger partial charge in [0.1, 0.15) is 0 Å². The molecule has 0 saturated heterocycles. The molecule has 0 amide bonds. The van der Waals surface area contributed by atoms with E-state index in [1.165, 1.54) is 13.0 Å². The molecule has 58 valence electrons. The van der Waals surface area contributed by atoms with Gasteiger partial charge in [-0.15, -0.1) is 0 Å². The van der Waals surface area contributed by atoms with E-state index in [-0.39, 0.29) is 0 Å². The molecule has 1 aliphatic rings. The molecule has 2 heteroatoms. The van der Waals surface area contributed by atoms with Gasteiger partial charge in [0.25, 0.3) is 0 Å². The van der Waals surface area contributed by atoms with E-state index in [1.807, 2.05) is 0 Å². The van der Waals surface area contributed by atoms with Crippen LogP contribution in [0.1, 0.15) is 20.3 Å². The van der Waals surface area contributed by atoms with Gasteiger partial charge in [-0.2, -0.15) is 0 Å². The highest BCUT2D eigenvalue weighted by molar-refractivity contribution is 5.64. The number of nitrogens with zero attached hydrogens (tertiary/aromatic N) is 2. The summed E-state index contributed by atoms with van der Waals surface area (Å²) in [6, 6.07) is 0.564. The second kappa shape index (κ2) is 3.71. The Morgan fingerprint density at radius 3 is 3.10 bits per heavy atom. The first-order chi connectivity index (χ1) is 4.84. The number of rotatable bonds is 2. The summed E-state index contributed by atoms with van der Waals surface area (Å²) < 4.78 is 0. The van der Waals surface area contributed by atoms with Gasteiger partial charge in [-0.3, -0.25) is 9.89 Å². The summed E-state index contributed by atoms with van der Waals surface area (Å²) in [4.78, 5) is 6.69. The maximum atomic E-state index is 4.22. The molecule has 0 aromatic rings. The van der Waals surface area contributed by atoms with E-state index in [1.54, 1.807) is 0 Å². The average Bonchev–Trinajstić information content (AvgIpc) is 1.94. The van der Waals surface area contributed by atoms with Crippen LogP contribution in [0.15, 0.2) is 4.99 Å².